The van der Waals surface area contributed by atoms with Crippen molar-refractivity contribution in [3.63, 3.8) is 0 Å². The van der Waals surface area contributed by atoms with Gasteiger partial charge >= 0.3 is 5.97 Å². The second kappa shape index (κ2) is 7.23. The first-order chi connectivity index (χ1) is 12.5. The molecule has 4 heteroatoms. The summed E-state index contributed by atoms with van der Waals surface area (Å²) >= 11 is 0. The number of rotatable bonds is 4. The molecule has 130 valence electrons. The van der Waals surface area contributed by atoms with Gasteiger partial charge in [0.25, 0.3) is 5.91 Å². The highest BCUT2D eigenvalue weighted by atomic mass is 16.4. The summed E-state index contributed by atoms with van der Waals surface area (Å²) in [7, 11) is 0. The Bertz CT molecular complexity index is 978. The van der Waals surface area contributed by atoms with E-state index in [2.05, 4.69) is 5.32 Å². The van der Waals surface area contributed by atoms with E-state index in [0.717, 1.165) is 22.3 Å². The van der Waals surface area contributed by atoms with E-state index in [4.69, 9.17) is 0 Å². The molecule has 3 aromatic carbocycles. The van der Waals surface area contributed by atoms with Crippen molar-refractivity contribution in [2.24, 2.45) is 0 Å². The summed E-state index contributed by atoms with van der Waals surface area (Å²) in [5, 5.41) is 12.2. The maximum atomic E-state index is 12.5. The van der Waals surface area contributed by atoms with E-state index in [1.807, 2.05) is 38.1 Å². The van der Waals surface area contributed by atoms with Gasteiger partial charge in [-0.2, -0.15) is 0 Å². The Hall–Kier alpha value is -3.40. The molecule has 0 spiro atoms. The number of benzene rings is 3. The topological polar surface area (TPSA) is 66.4 Å². The van der Waals surface area contributed by atoms with Gasteiger partial charge in [0.15, 0.2) is 0 Å². The molecule has 0 aliphatic carbocycles. The fourth-order valence-corrected chi connectivity index (χ4v) is 2.85. The lowest BCUT2D eigenvalue weighted by Gasteiger charge is -2.13. The first-order valence-corrected chi connectivity index (χ1v) is 8.27. The monoisotopic (exact) mass is 345 g/mol. The van der Waals surface area contributed by atoms with Gasteiger partial charge in [0.05, 0.1) is 11.3 Å². The Morgan fingerprint density at radius 2 is 1.62 bits per heavy atom. The smallest absolute Gasteiger partial charge is 0.337 e. The molecule has 0 heterocycles. The van der Waals surface area contributed by atoms with Crippen molar-refractivity contribution in [3.8, 4) is 11.1 Å². The molecule has 3 rings (SSSR count). The van der Waals surface area contributed by atoms with E-state index < -0.39 is 5.97 Å². The number of nitrogens with one attached hydrogen (secondary N) is 1. The minimum Gasteiger partial charge on any atom is -0.478 e. The van der Waals surface area contributed by atoms with Crippen molar-refractivity contribution in [1.29, 1.82) is 0 Å². The Kier molecular flexibility index (Phi) is 4.85. The third kappa shape index (κ3) is 3.49. The van der Waals surface area contributed by atoms with E-state index in [0.29, 0.717) is 5.56 Å². The molecule has 0 unspecified atom stereocenters. The number of aromatic carboxylic acids is 1. The van der Waals surface area contributed by atoms with Gasteiger partial charge in [-0.05, 0) is 60.4 Å². The van der Waals surface area contributed by atoms with Gasteiger partial charge in [0.2, 0.25) is 0 Å². The molecule has 0 saturated carbocycles. The predicted octanol–water partition coefficient (Wildman–Crippen LogP) is 4.92. The Balaban J connectivity index is 2.04. The summed E-state index contributed by atoms with van der Waals surface area (Å²) in [5.74, 6) is -1.42. The highest BCUT2D eigenvalue weighted by molar-refractivity contribution is 6.08. The molecular weight excluding hydrogens is 326 g/mol. The minimum atomic E-state index is -1.08. The number of hydrogen-bond acceptors (Lipinski definition) is 2. The van der Waals surface area contributed by atoms with E-state index in [-0.39, 0.29) is 17.2 Å². The van der Waals surface area contributed by atoms with Crippen LogP contribution in [0.3, 0.4) is 0 Å². The number of aryl methyl sites for hydroxylation is 1. The van der Waals surface area contributed by atoms with E-state index >= 15 is 0 Å². The maximum Gasteiger partial charge on any atom is 0.337 e. The molecule has 0 fully saturated rings. The van der Waals surface area contributed by atoms with Gasteiger partial charge in [0.1, 0.15) is 0 Å². The van der Waals surface area contributed by atoms with Crippen molar-refractivity contribution in [2.75, 3.05) is 5.32 Å². The molecular formula is C22H19NO3. The molecule has 0 bridgehead atoms. The van der Waals surface area contributed by atoms with Gasteiger partial charge in [-0.25, -0.2) is 4.79 Å². The number of carbonyl (C=O) groups excluding carboxylic acids is 1. The SMILES string of the molecule is Cc1cccc(-c2ccc(C(=O)O)c(NC(=O)c3ccccc3)c2)c1C. The number of hydrogen-bond donors (Lipinski definition) is 2. The number of carbonyl (C=O) groups is 2. The molecule has 4 nitrogen and oxygen atoms in total. The molecule has 0 aliphatic heterocycles. The normalized spacial score (nSPS) is 10.4. The molecule has 0 aliphatic rings. The maximum absolute atomic E-state index is 12.5. The van der Waals surface area contributed by atoms with Crippen LogP contribution in [0.5, 0.6) is 0 Å². The van der Waals surface area contributed by atoms with Crippen molar-refractivity contribution in [1.82, 2.24) is 0 Å². The quantitative estimate of drug-likeness (QED) is 0.705. The van der Waals surface area contributed by atoms with E-state index in [9.17, 15) is 14.7 Å². The molecule has 3 aromatic rings. The summed E-state index contributed by atoms with van der Waals surface area (Å²) < 4.78 is 0. The van der Waals surface area contributed by atoms with Gasteiger partial charge in [-0.15, -0.1) is 0 Å². The fourth-order valence-electron chi connectivity index (χ4n) is 2.85. The summed E-state index contributed by atoms with van der Waals surface area (Å²) in [6.07, 6.45) is 0. The van der Waals surface area contributed by atoms with Crippen molar-refractivity contribution in [3.05, 3.63) is 89.0 Å². The van der Waals surface area contributed by atoms with Crippen LogP contribution in [0.2, 0.25) is 0 Å². The first kappa shape index (κ1) is 17.4. The number of amides is 1. The zero-order valence-electron chi connectivity index (χ0n) is 14.6. The lowest BCUT2D eigenvalue weighted by atomic mass is 9.95. The summed E-state index contributed by atoms with van der Waals surface area (Å²) in [5.41, 5.74) is 4.96. The van der Waals surface area contributed by atoms with E-state index in [1.165, 1.54) is 6.07 Å². The molecule has 0 aromatic heterocycles. The van der Waals surface area contributed by atoms with Crippen molar-refractivity contribution >= 4 is 17.6 Å². The predicted molar refractivity (Wildman–Crippen MR) is 103 cm³/mol. The average molecular weight is 345 g/mol. The average Bonchev–Trinajstić information content (AvgIpc) is 2.64. The highest BCUT2D eigenvalue weighted by Gasteiger charge is 2.15. The van der Waals surface area contributed by atoms with Crippen LogP contribution in [0.1, 0.15) is 31.8 Å². The molecule has 1 amide bonds. The van der Waals surface area contributed by atoms with Gasteiger partial charge in [-0.1, -0.05) is 42.5 Å². The molecule has 26 heavy (non-hydrogen) atoms. The van der Waals surface area contributed by atoms with Gasteiger partial charge in [-0.3, -0.25) is 4.79 Å². The van der Waals surface area contributed by atoms with Gasteiger partial charge < -0.3 is 10.4 Å². The Morgan fingerprint density at radius 3 is 2.31 bits per heavy atom. The molecule has 2 N–H and O–H groups in total. The van der Waals surface area contributed by atoms with Crippen LogP contribution < -0.4 is 5.32 Å². The Labute approximate surface area is 152 Å². The summed E-state index contributed by atoms with van der Waals surface area (Å²) in [4.78, 5) is 24.0. The molecule has 0 atom stereocenters. The largest absolute Gasteiger partial charge is 0.478 e. The lowest BCUT2D eigenvalue weighted by Crippen LogP contribution is -2.14. The summed E-state index contributed by atoms with van der Waals surface area (Å²) in [6.45, 7) is 4.06. The van der Waals surface area contributed by atoms with Crippen LogP contribution in [-0.4, -0.2) is 17.0 Å². The van der Waals surface area contributed by atoms with Crippen molar-refractivity contribution < 1.29 is 14.7 Å². The lowest BCUT2D eigenvalue weighted by molar-refractivity contribution is 0.0698. The van der Waals surface area contributed by atoms with Crippen LogP contribution in [0, 0.1) is 13.8 Å². The number of anilines is 1. The zero-order chi connectivity index (χ0) is 18.7. The van der Waals surface area contributed by atoms with Crippen LogP contribution in [0.25, 0.3) is 11.1 Å². The number of carboxylic acids is 1. The molecule has 0 radical (unpaired) electrons. The summed E-state index contributed by atoms with van der Waals surface area (Å²) in [6, 6.07) is 19.7. The fraction of sp³-hybridized carbons (Fsp3) is 0.0909. The zero-order valence-corrected chi connectivity index (χ0v) is 14.6. The van der Waals surface area contributed by atoms with E-state index in [1.54, 1.807) is 36.4 Å². The van der Waals surface area contributed by atoms with Crippen molar-refractivity contribution in [2.45, 2.75) is 13.8 Å². The van der Waals surface area contributed by atoms with Crippen LogP contribution >= 0.6 is 0 Å². The van der Waals surface area contributed by atoms with Crippen LogP contribution in [0.4, 0.5) is 5.69 Å². The Morgan fingerprint density at radius 1 is 0.885 bits per heavy atom. The highest BCUT2D eigenvalue weighted by Crippen LogP contribution is 2.30. The third-order valence-electron chi connectivity index (χ3n) is 4.45. The molecule has 0 saturated heterocycles. The van der Waals surface area contributed by atoms with Crippen LogP contribution in [-0.2, 0) is 0 Å². The standard InChI is InChI=1S/C22H19NO3/c1-14-7-6-10-18(15(14)2)17-11-12-19(22(25)26)20(13-17)23-21(24)16-8-4-3-5-9-16/h3-13H,1-2H3,(H,23,24)(H,25,26). The second-order valence-electron chi connectivity index (χ2n) is 6.13. The van der Waals surface area contributed by atoms with Crippen LogP contribution in [0.15, 0.2) is 66.7 Å². The minimum absolute atomic E-state index is 0.0586. The second-order valence-corrected chi connectivity index (χ2v) is 6.13. The first-order valence-electron chi connectivity index (χ1n) is 8.27. The third-order valence-corrected chi connectivity index (χ3v) is 4.45. The van der Waals surface area contributed by atoms with Gasteiger partial charge in [0, 0.05) is 5.56 Å². The number of carboxylic acid groups (broad SMARTS) is 1.